The molecule has 1 aromatic heterocycles. The number of aromatic nitrogens is 1. The lowest BCUT2D eigenvalue weighted by atomic mass is 10.2. The second-order valence-corrected chi connectivity index (χ2v) is 4.74. The Morgan fingerprint density at radius 2 is 2.05 bits per heavy atom. The third-order valence-electron chi connectivity index (χ3n) is 3.31. The number of amides is 1. The zero-order chi connectivity index (χ0) is 14.5. The van der Waals surface area contributed by atoms with Crippen molar-refractivity contribution in [1.29, 1.82) is 0 Å². The summed E-state index contributed by atoms with van der Waals surface area (Å²) in [5, 5.41) is 3.65. The molecular formula is C15H19N3O2. The van der Waals surface area contributed by atoms with Gasteiger partial charge < -0.3 is 14.8 Å². The number of rotatable bonds is 5. The number of hydrogen-bond acceptors (Lipinski definition) is 3. The maximum atomic E-state index is 12.1. The molecule has 20 heavy (non-hydrogen) atoms. The molecule has 106 valence electrons. The Kier molecular flexibility index (Phi) is 4.53. The Labute approximate surface area is 117 Å². The lowest BCUT2D eigenvalue weighted by Crippen LogP contribution is -2.35. The van der Waals surface area contributed by atoms with Crippen LogP contribution in [0.1, 0.15) is 0 Å². The van der Waals surface area contributed by atoms with Crippen LogP contribution >= 0.6 is 0 Å². The SMILES string of the molecule is CNCCN(C)C(=O)Cn1ccc(=O)c2ccccc21. The van der Waals surface area contributed by atoms with E-state index in [1.54, 1.807) is 24.2 Å². The van der Waals surface area contributed by atoms with E-state index in [-0.39, 0.29) is 17.9 Å². The van der Waals surface area contributed by atoms with Gasteiger partial charge in [-0.1, -0.05) is 12.1 Å². The molecule has 5 nitrogen and oxygen atoms in total. The molecule has 0 aliphatic carbocycles. The van der Waals surface area contributed by atoms with Gasteiger partial charge in [-0.05, 0) is 19.2 Å². The molecule has 0 unspecified atom stereocenters. The van der Waals surface area contributed by atoms with Crippen molar-refractivity contribution in [2.75, 3.05) is 27.2 Å². The van der Waals surface area contributed by atoms with E-state index in [9.17, 15) is 9.59 Å². The summed E-state index contributed by atoms with van der Waals surface area (Å²) in [6.45, 7) is 1.65. The molecule has 0 aliphatic heterocycles. The summed E-state index contributed by atoms with van der Waals surface area (Å²) in [6.07, 6.45) is 1.68. The standard InChI is InChI=1S/C15H19N3O2/c1-16-8-10-17(2)15(20)11-18-9-7-14(19)12-5-3-4-6-13(12)18/h3-7,9,16H,8,10-11H2,1-2H3. The normalized spacial score (nSPS) is 10.7. The molecule has 0 atom stereocenters. The first-order chi connectivity index (χ1) is 9.63. The first kappa shape index (κ1) is 14.3. The van der Waals surface area contributed by atoms with Crippen LogP contribution in [-0.4, -0.2) is 42.6 Å². The van der Waals surface area contributed by atoms with Gasteiger partial charge in [0.15, 0.2) is 5.43 Å². The predicted octanol–water partition coefficient (Wildman–Crippen LogP) is 0.679. The van der Waals surface area contributed by atoms with Crippen molar-refractivity contribution in [3.63, 3.8) is 0 Å². The quantitative estimate of drug-likeness (QED) is 0.871. The number of nitrogens with zero attached hydrogens (tertiary/aromatic N) is 2. The largest absolute Gasteiger partial charge is 0.343 e. The number of pyridine rings is 1. The minimum Gasteiger partial charge on any atom is -0.343 e. The van der Waals surface area contributed by atoms with Crippen LogP contribution in [0, 0.1) is 0 Å². The zero-order valence-electron chi connectivity index (χ0n) is 11.8. The van der Waals surface area contributed by atoms with E-state index in [0.717, 1.165) is 12.1 Å². The molecule has 1 aromatic carbocycles. The molecule has 2 rings (SSSR count). The van der Waals surface area contributed by atoms with E-state index >= 15 is 0 Å². The van der Waals surface area contributed by atoms with Crippen LogP contribution in [0.15, 0.2) is 41.3 Å². The maximum absolute atomic E-state index is 12.1. The highest BCUT2D eigenvalue weighted by atomic mass is 16.2. The molecule has 0 aliphatic rings. The first-order valence-electron chi connectivity index (χ1n) is 6.60. The van der Waals surface area contributed by atoms with Crippen LogP contribution in [0.5, 0.6) is 0 Å². The van der Waals surface area contributed by atoms with Crippen molar-refractivity contribution in [1.82, 2.24) is 14.8 Å². The second-order valence-electron chi connectivity index (χ2n) is 4.74. The minimum absolute atomic E-state index is 0.0205. The van der Waals surface area contributed by atoms with Crippen LogP contribution in [-0.2, 0) is 11.3 Å². The summed E-state index contributed by atoms with van der Waals surface area (Å²) in [6, 6.07) is 8.84. The Hall–Kier alpha value is -2.14. The van der Waals surface area contributed by atoms with Crippen LogP contribution < -0.4 is 10.7 Å². The highest BCUT2D eigenvalue weighted by molar-refractivity contribution is 5.82. The molecule has 0 spiro atoms. The molecule has 0 fully saturated rings. The Balaban J connectivity index is 2.24. The van der Waals surface area contributed by atoms with E-state index in [0.29, 0.717) is 11.9 Å². The van der Waals surface area contributed by atoms with Gasteiger partial charge in [0.25, 0.3) is 0 Å². The fourth-order valence-electron chi connectivity index (χ4n) is 2.07. The molecule has 0 saturated carbocycles. The van der Waals surface area contributed by atoms with Gasteiger partial charge in [0.1, 0.15) is 6.54 Å². The van der Waals surface area contributed by atoms with Crippen molar-refractivity contribution < 1.29 is 4.79 Å². The lowest BCUT2D eigenvalue weighted by molar-refractivity contribution is -0.130. The molecular weight excluding hydrogens is 254 g/mol. The highest BCUT2D eigenvalue weighted by Gasteiger charge is 2.10. The zero-order valence-corrected chi connectivity index (χ0v) is 11.8. The fourth-order valence-corrected chi connectivity index (χ4v) is 2.07. The number of benzene rings is 1. The minimum atomic E-state index is -0.0205. The number of carbonyl (C=O) groups excluding carboxylic acids is 1. The number of fused-ring (bicyclic) bond motifs is 1. The van der Waals surface area contributed by atoms with Gasteiger partial charge in [-0.15, -0.1) is 0 Å². The molecule has 1 amide bonds. The van der Waals surface area contributed by atoms with Crippen molar-refractivity contribution >= 4 is 16.8 Å². The highest BCUT2D eigenvalue weighted by Crippen LogP contribution is 2.09. The fraction of sp³-hybridized carbons (Fsp3) is 0.333. The molecule has 1 N–H and O–H groups in total. The summed E-state index contributed by atoms with van der Waals surface area (Å²) < 4.78 is 1.81. The average molecular weight is 273 g/mol. The van der Waals surface area contributed by atoms with Crippen LogP contribution in [0.3, 0.4) is 0 Å². The predicted molar refractivity (Wildman–Crippen MR) is 79.8 cm³/mol. The van der Waals surface area contributed by atoms with Crippen molar-refractivity contribution in [2.24, 2.45) is 0 Å². The summed E-state index contributed by atoms with van der Waals surface area (Å²) in [5.74, 6) is 0.0223. The summed E-state index contributed by atoms with van der Waals surface area (Å²) in [7, 11) is 3.64. The number of hydrogen-bond donors (Lipinski definition) is 1. The number of para-hydroxylation sites is 1. The third kappa shape index (κ3) is 3.05. The van der Waals surface area contributed by atoms with Crippen LogP contribution in [0.25, 0.3) is 10.9 Å². The summed E-state index contributed by atoms with van der Waals surface area (Å²) in [4.78, 5) is 25.6. The molecule has 0 saturated heterocycles. The summed E-state index contributed by atoms with van der Waals surface area (Å²) >= 11 is 0. The van der Waals surface area contributed by atoms with Gasteiger partial charge in [0.05, 0.1) is 5.52 Å². The van der Waals surface area contributed by atoms with Crippen LogP contribution in [0.2, 0.25) is 0 Å². The van der Waals surface area contributed by atoms with E-state index in [1.807, 2.05) is 29.8 Å². The smallest absolute Gasteiger partial charge is 0.242 e. The maximum Gasteiger partial charge on any atom is 0.242 e. The van der Waals surface area contributed by atoms with Gasteiger partial charge in [-0.3, -0.25) is 9.59 Å². The molecule has 0 radical (unpaired) electrons. The van der Waals surface area contributed by atoms with E-state index < -0.39 is 0 Å². The van der Waals surface area contributed by atoms with E-state index in [2.05, 4.69) is 5.32 Å². The molecule has 5 heteroatoms. The van der Waals surface area contributed by atoms with Crippen molar-refractivity contribution in [3.05, 3.63) is 46.8 Å². The number of likely N-dealkylation sites (N-methyl/N-ethyl adjacent to an activating group) is 2. The first-order valence-corrected chi connectivity index (χ1v) is 6.60. The number of nitrogens with one attached hydrogen (secondary N) is 1. The van der Waals surface area contributed by atoms with Gasteiger partial charge in [0.2, 0.25) is 5.91 Å². The topological polar surface area (TPSA) is 54.3 Å². The van der Waals surface area contributed by atoms with Gasteiger partial charge in [-0.2, -0.15) is 0 Å². The Morgan fingerprint density at radius 3 is 2.80 bits per heavy atom. The average Bonchev–Trinajstić information content (AvgIpc) is 2.47. The Morgan fingerprint density at radius 1 is 1.30 bits per heavy atom. The van der Waals surface area contributed by atoms with E-state index in [1.165, 1.54) is 6.07 Å². The summed E-state index contributed by atoms with van der Waals surface area (Å²) in [5.41, 5.74) is 0.767. The van der Waals surface area contributed by atoms with Crippen LogP contribution in [0.4, 0.5) is 0 Å². The molecule has 2 aromatic rings. The monoisotopic (exact) mass is 273 g/mol. The molecule has 0 bridgehead atoms. The van der Waals surface area contributed by atoms with Gasteiger partial charge >= 0.3 is 0 Å². The van der Waals surface area contributed by atoms with Crippen molar-refractivity contribution in [2.45, 2.75) is 6.54 Å². The lowest BCUT2D eigenvalue weighted by Gasteiger charge is -2.18. The third-order valence-corrected chi connectivity index (χ3v) is 3.31. The van der Waals surface area contributed by atoms with E-state index in [4.69, 9.17) is 0 Å². The van der Waals surface area contributed by atoms with Crippen molar-refractivity contribution in [3.8, 4) is 0 Å². The Bertz CT molecular complexity index is 663. The number of carbonyl (C=O) groups is 1. The van der Waals surface area contributed by atoms with Gasteiger partial charge in [0, 0.05) is 37.8 Å². The second kappa shape index (κ2) is 6.34. The van der Waals surface area contributed by atoms with Gasteiger partial charge in [-0.25, -0.2) is 0 Å². The molecule has 1 heterocycles.